The molecule has 3 aromatic heterocycles. The Kier molecular flexibility index (Phi) is 3.87. The van der Waals surface area contributed by atoms with Crippen molar-refractivity contribution in [3.05, 3.63) is 169 Å². The lowest BCUT2D eigenvalue weighted by molar-refractivity contribution is 0.669. The smallest absolute Gasteiger partial charge is 0.164 e. The Hall–Kier alpha value is -6.85. The van der Waals surface area contributed by atoms with Crippen molar-refractivity contribution in [2.75, 3.05) is 0 Å². The van der Waals surface area contributed by atoms with Gasteiger partial charge in [-0.25, -0.2) is 15.0 Å². The zero-order valence-corrected chi connectivity index (χ0v) is 25.7. The molecule has 0 aliphatic rings. The molecule has 50 heavy (non-hydrogen) atoms. The van der Waals surface area contributed by atoms with E-state index in [4.69, 9.17) is 35.8 Å². The highest BCUT2D eigenvalue weighted by Gasteiger charge is 2.20. The lowest BCUT2D eigenvalue weighted by Gasteiger charge is -2.13. The molecule has 0 N–H and O–H groups in total. The van der Waals surface area contributed by atoms with Crippen LogP contribution in [-0.4, -0.2) is 19.5 Å². The van der Waals surface area contributed by atoms with Crippen LogP contribution in [0.25, 0.3) is 94.7 Å². The topological polar surface area (TPSA) is 56.7 Å². The van der Waals surface area contributed by atoms with Crippen LogP contribution in [0.4, 0.5) is 0 Å². The summed E-state index contributed by atoms with van der Waals surface area (Å²) in [6, 6.07) is 12.4. The number of para-hydroxylation sites is 3. The highest BCUT2D eigenvalue weighted by atomic mass is 16.3. The Morgan fingerprint density at radius 3 is 1.96 bits per heavy atom. The number of fused-ring (bicyclic) bond motifs is 6. The van der Waals surface area contributed by atoms with Crippen LogP contribution >= 0.6 is 0 Å². The molecule has 0 saturated carbocycles. The number of benzene rings is 7. The van der Waals surface area contributed by atoms with E-state index >= 15 is 0 Å². The van der Waals surface area contributed by atoms with E-state index in [2.05, 4.69) is 0 Å². The SMILES string of the molecule is [2H]c1c([2H])c([2H])c(-c2c([2H])c(-c3nc(-c4ccccc4)nc(-c4ccc5c(c4)oc4ccccc45)n3)cc3c2c2c([2H])c([2H])c([2H])c([2H])c2n3-c2c([2H])c([2H])c([2H])c([2H])c2[2H])c([2H])c1[2H]. The van der Waals surface area contributed by atoms with Crippen LogP contribution in [-0.2, 0) is 0 Å². The number of furan rings is 1. The molecule has 0 spiro atoms. The number of aromatic nitrogens is 4. The van der Waals surface area contributed by atoms with Crippen molar-refractivity contribution in [3.8, 4) is 51.0 Å². The molecule has 5 nitrogen and oxygen atoms in total. The number of hydrogen-bond donors (Lipinski definition) is 0. The van der Waals surface area contributed by atoms with E-state index in [9.17, 15) is 4.11 Å². The standard InChI is InChI=1S/C45H28N4O/c1-4-14-29(15-5-1)37-26-32(27-39-42(37)36-21-10-12-22-38(36)49(39)33-18-8-3-9-19-33)45-47-43(30-16-6-2-7-17-30)46-44(48-45)31-24-25-35-34-20-11-13-23-40(34)50-41(35)28-31/h1-28H/i1D,3D,4D,5D,8D,9D,10D,12D,14D,15D,18D,19D,21D,22D,26D. The Bertz CT molecular complexity index is 3680. The Balaban J connectivity index is 1.42. The van der Waals surface area contributed by atoms with E-state index in [1.54, 1.807) is 42.5 Å². The second-order valence-electron chi connectivity index (χ2n) is 11.3. The van der Waals surface area contributed by atoms with Gasteiger partial charge in [-0.3, -0.25) is 0 Å². The summed E-state index contributed by atoms with van der Waals surface area (Å²) in [5, 5.41) is 1.19. The minimum atomic E-state index is -0.759. The van der Waals surface area contributed by atoms with Gasteiger partial charge in [-0.1, -0.05) is 121 Å². The molecule has 0 amide bonds. The predicted molar refractivity (Wildman–Crippen MR) is 203 cm³/mol. The maximum absolute atomic E-state index is 9.99. The predicted octanol–water partition coefficient (Wildman–Crippen LogP) is 11.5. The monoisotopic (exact) mass is 655 g/mol. The molecular weight excluding hydrogens is 613 g/mol. The fraction of sp³-hybridized carbons (Fsp3) is 0. The number of hydrogen-bond acceptors (Lipinski definition) is 4. The molecule has 3 heterocycles. The first-order chi connectivity index (χ1) is 31.0. The molecule has 0 radical (unpaired) electrons. The average molecular weight is 656 g/mol. The molecule has 0 bridgehead atoms. The fourth-order valence-electron chi connectivity index (χ4n) is 6.25. The third-order valence-electron chi connectivity index (χ3n) is 8.43. The molecule has 0 atom stereocenters. The molecule has 7 aromatic carbocycles. The Morgan fingerprint density at radius 2 is 1.14 bits per heavy atom. The van der Waals surface area contributed by atoms with Gasteiger partial charge in [0.25, 0.3) is 0 Å². The molecule has 0 fully saturated rings. The van der Waals surface area contributed by atoms with Gasteiger partial charge in [-0.05, 0) is 59.6 Å². The van der Waals surface area contributed by atoms with Crippen molar-refractivity contribution in [2.45, 2.75) is 0 Å². The van der Waals surface area contributed by atoms with Gasteiger partial charge in [0.05, 0.1) is 31.6 Å². The van der Waals surface area contributed by atoms with E-state index in [1.807, 2.05) is 30.3 Å². The summed E-state index contributed by atoms with van der Waals surface area (Å²) in [7, 11) is 0. The van der Waals surface area contributed by atoms with Crippen molar-refractivity contribution in [1.82, 2.24) is 19.5 Å². The molecule has 0 aliphatic carbocycles. The van der Waals surface area contributed by atoms with Crippen molar-refractivity contribution in [2.24, 2.45) is 0 Å². The normalized spacial score (nSPS) is 15.8. The van der Waals surface area contributed by atoms with Crippen molar-refractivity contribution >= 4 is 43.7 Å². The minimum absolute atomic E-state index is 0.116. The van der Waals surface area contributed by atoms with E-state index in [0.29, 0.717) is 22.3 Å². The number of rotatable bonds is 5. The summed E-state index contributed by atoms with van der Waals surface area (Å²) in [6.07, 6.45) is 0. The summed E-state index contributed by atoms with van der Waals surface area (Å²) in [4.78, 5) is 14.5. The van der Waals surface area contributed by atoms with Crippen LogP contribution in [0.5, 0.6) is 0 Å². The van der Waals surface area contributed by atoms with Crippen LogP contribution in [0.1, 0.15) is 20.6 Å². The van der Waals surface area contributed by atoms with Gasteiger partial charge < -0.3 is 8.98 Å². The summed E-state index contributed by atoms with van der Waals surface area (Å²) in [5.74, 6) is 0.0900. The zero-order chi connectivity index (χ0) is 46.1. The molecule has 10 aromatic rings. The van der Waals surface area contributed by atoms with Crippen LogP contribution in [0.2, 0.25) is 0 Å². The molecule has 234 valence electrons. The highest BCUT2D eigenvalue weighted by Crippen LogP contribution is 2.41. The first kappa shape index (κ1) is 17.0. The van der Waals surface area contributed by atoms with Crippen molar-refractivity contribution < 1.29 is 25.0 Å². The zero-order valence-electron chi connectivity index (χ0n) is 40.7. The largest absolute Gasteiger partial charge is 0.456 e. The maximum atomic E-state index is 9.99. The van der Waals surface area contributed by atoms with Gasteiger partial charge in [-0.15, -0.1) is 0 Å². The lowest BCUT2D eigenvalue weighted by Crippen LogP contribution is -2.01. The van der Waals surface area contributed by atoms with Gasteiger partial charge in [-0.2, -0.15) is 0 Å². The molecule has 0 aliphatic heterocycles. The molecule has 5 heteroatoms. The lowest BCUT2D eigenvalue weighted by atomic mass is 9.96. The Morgan fingerprint density at radius 1 is 0.480 bits per heavy atom. The molecular formula is C45H28N4O. The van der Waals surface area contributed by atoms with Gasteiger partial charge >= 0.3 is 0 Å². The van der Waals surface area contributed by atoms with Gasteiger partial charge in [0.1, 0.15) is 11.2 Å². The first-order valence-electron chi connectivity index (χ1n) is 23.0. The van der Waals surface area contributed by atoms with E-state index < -0.39 is 102 Å². The second-order valence-corrected chi connectivity index (χ2v) is 11.3. The van der Waals surface area contributed by atoms with Gasteiger partial charge in [0, 0.05) is 43.9 Å². The average Bonchev–Trinajstić information content (AvgIpc) is 3.86. The maximum Gasteiger partial charge on any atom is 0.164 e. The molecule has 0 unspecified atom stereocenters. The first-order valence-corrected chi connectivity index (χ1v) is 15.5. The van der Waals surface area contributed by atoms with Gasteiger partial charge in [0.2, 0.25) is 0 Å². The van der Waals surface area contributed by atoms with Gasteiger partial charge in [0.15, 0.2) is 17.5 Å². The second kappa shape index (κ2) is 11.4. The molecule has 10 rings (SSSR count). The van der Waals surface area contributed by atoms with Crippen LogP contribution in [0.3, 0.4) is 0 Å². The van der Waals surface area contributed by atoms with E-state index in [1.165, 1.54) is 6.07 Å². The molecule has 0 saturated heterocycles. The summed E-state index contributed by atoms with van der Waals surface area (Å²) < 4.78 is 141. The number of nitrogens with zero attached hydrogens (tertiary/aromatic N) is 4. The Labute approximate surface area is 308 Å². The summed E-state index contributed by atoms with van der Waals surface area (Å²) >= 11 is 0. The van der Waals surface area contributed by atoms with Crippen LogP contribution in [0, 0.1) is 0 Å². The van der Waals surface area contributed by atoms with Crippen LogP contribution in [0.15, 0.2) is 174 Å². The van der Waals surface area contributed by atoms with E-state index in [0.717, 1.165) is 15.3 Å². The summed E-state index contributed by atoms with van der Waals surface area (Å²) in [5.41, 5.74) is 0.0981. The minimum Gasteiger partial charge on any atom is -0.456 e. The highest BCUT2D eigenvalue weighted by molar-refractivity contribution is 6.17. The third kappa shape index (κ3) is 4.60. The van der Waals surface area contributed by atoms with Crippen LogP contribution < -0.4 is 0 Å². The quantitative estimate of drug-likeness (QED) is 0.185. The third-order valence-corrected chi connectivity index (χ3v) is 8.43. The van der Waals surface area contributed by atoms with Crippen molar-refractivity contribution in [1.29, 1.82) is 0 Å². The summed E-state index contributed by atoms with van der Waals surface area (Å²) in [6.45, 7) is 0. The van der Waals surface area contributed by atoms with Crippen molar-refractivity contribution in [3.63, 3.8) is 0 Å². The fourth-order valence-corrected chi connectivity index (χ4v) is 6.25. The van der Waals surface area contributed by atoms with E-state index in [-0.39, 0.29) is 50.4 Å².